The van der Waals surface area contributed by atoms with Gasteiger partial charge in [-0.1, -0.05) is 15.9 Å². The van der Waals surface area contributed by atoms with Crippen LogP contribution in [0.15, 0.2) is 5.38 Å². The van der Waals surface area contributed by atoms with E-state index in [0.29, 0.717) is 6.54 Å². The van der Waals surface area contributed by atoms with Gasteiger partial charge in [-0.2, -0.15) is 0 Å². The van der Waals surface area contributed by atoms with Crippen molar-refractivity contribution < 1.29 is 4.79 Å². The van der Waals surface area contributed by atoms with Crippen LogP contribution in [0.2, 0.25) is 0 Å². The second kappa shape index (κ2) is 4.72. The smallest absolute Gasteiger partial charge is 0.233 e. The summed E-state index contributed by atoms with van der Waals surface area (Å²) in [5, 5.41) is 5.69. The largest absolute Gasteiger partial charge is 0.349 e. The summed E-state index contributed by atoms with van der Waals surface area (Å²) < 4.78 is 0. The molecule has 0 saturated carbocycles. The molecule has 72 valence electrons. The van der Waals surface area contributed by atoms with Crippen molar-refractivity contribution in [1.29, 1.82) is 0 Å². The first kappa shape index (κ1) is 10.7. The van der Waals surface area contributed by atoms with Crippen LogP contribution < -0.4 is 5.32 Å². The first-order chi connectivity index (χ1) is 6.09. The molecule has 0 bridgehead atoms. The van der Waals surface area contributed by atoms with Crippen LogP contribution in [0, 0.1) is 6.92 Å². The molecule has 1 amide bonds. The summed E-state index contributed by atoms with van der Waals surface area (Å²) in [5.74, 6) is -0.00662. The quantitative estimate of drug-likeness (QED) is 0.846. The van der Waals surface area contributed by atoms with Crippen molar-refractivity contribution >= 4 is 33.2 Å². The molecule has 0 radical (unpaired) electrons. The molecule has 1 heterocycles. The molecule has 0 aliphatic carbocycles. The lowest BCUT2D eigenvalue weighted by Crippen LogP contribution is -2.28. The van der Waals surface area contributed by atoms with Crippen LogP contribution in [0.3, 0.4) is 0 Å². The number of halogens is 1. The zero-order valence-electron chi connectivity index (χ0n) is 7.50. The van der Waals surface area contributed by atoms with Crippen LogP contribution in [-0.4, -0.2) is 15.7 Å². The molecule has 5 heteroatoms. The fourth-order valence-corrected chi connectivity index (χ4v) is 1.66. The number of hydrogen-bond donors (Lipinski definition) is 1. The Kier molecular flexibility index (Phi) is 3.87. The molecule has 13 heavy (non-hydrogen) atoms. The number of carbonyl (C=O) groups is 1. The number of carbonyl (C=O) groups excluding carboxylic acids is 1. The molecule has 3 nitrogen and oxygen atoms in total. The normalized spacial score (nSPS) is 12.5. The van der Waals surface area contributed by atoms with E-state index in [0.717, 1.165) is 10.7 Å². The number of amides is 1. The number of aryl methyl sites for hydroxylation is 1. The van der Waals surface area contributed by atoms with Crippen molar-refractivity contribution in [3.8, 4) is 0 Å². The molecule has 1 aromatic rings. The van der Waals surface area contributed by atoms with Gasteiger partial charge < -0.3 is 5.32 Å². The van der Waals surface area contributed by atoms with Crippen LogP contribution in [0.25, 0.3) is 0 Å². The molecule has 0 fully saturated rings. The number of thiazole rings is 1. The summed E-state index contributed by atoms with van der Waals surface area (Å²) >= 11 is 4.75. The average molecular weight is 263 g/mol. The van der Waals surface area contributed by atoms with Crippen molar-refractivity contribution in [1.82, 2.24) is 10.3 Å². The predicted octanol–water partition coefficient (Wildman–Crippen LogP) is 1.85. The molecular formula is C8H11BrN2OS. The molecule has 1 rings (SSSR count). The maximum Gasteiger partial charge on any atom is 0.233 e. The summed E-state index contributed by atoms with van der Waals surface area (Å²) in [6, 6.07) is 0. The van der Waals surface area contributed by atoms with E-state index in [4.69, 9.17) is 0 Å². The Balaban J connectivity index is 2.39. The van der Waals surface area contributed by atoms with Gasteiger partial charge in [0.25, 0.3) is 0 Å². The third-order valence-electron chi connectivity index (χ3n) is 1.44. The summed E-state index contributed by atoms with van der Waals surface area (Å²) in [6.45, 7) is 4.25. The molecule has 1 unspecified atom stereocenters. The number of nitrogens with one attached hydrogen (secondary N) is 1. The number of hydrogen-bond acceptors (Lipinski definition) is 3. The van der Waals surface area contributed by atoms with Crippen molar-refractivity contribution in [2.45, 2.75) is 25.2 Å². The van der Waals surface area contributed by atoms with Crippen molar-refractivity contribution in [3.05, 3.63) is 16.1 Å². The van der Waals surface area contributed by atoms with E-state index in [-0.39, 0.29) is 10.7 Å². The average Bonchev–Trinajstić information content (AvgIpc) is 2.47. The standard InChI is InChI=1S/C8H11BrN2OS/c1-5-4-13-7(11-5)3-10-8(12)6(2)9/h4,6H,3H2,1-2H3,(H,10,12). The minimum absolute atomic E-state index is 0.00662. The van der Waals surface area contributed by atoms with E-state index in [1.165, 1.54) is 0 Å². The second-order valence-electron chi connectivity index (χ2n) is 2.72. The molecule has 1 N–H and O–H groups in total. The number of nitrogens with zero attached hydrogens (tertiary/aromatic N) is 1. The Morgan fingerprint density at radius 2 is 2.54 bits per heavy atom. The number of rotatable bonds is 3. The zero-order chi connectivity index (χ0) is 9.84. The van der Waals surface area contributed by atoms with Crippen molar-refractivity contribution in [2.75, 3.05) is 0 Å². The molecule has 1 atom stereocenters. The van der Waals surface area contributed by atoms with Gasteiger partial charge in [0.1, 0.15) is 5.01 Å². The molecular weight excluding hydrogens is 252 g/mol. The van der Waals surface area contributed by atoms with Crippen LogP contribution in [0.5, 0.6) is 0 Å². The Hall–Kier alpha value is -0.420. The van der Waals surface area contributed by atoms with Gasteiger partial charge in [0.05, 0.1) is 11.4 Å². The lowest BCUT2D eigenvalue weighted by molar-refractivity contribution is -0.120. The highest BCUT2D eigenvalue weighted by Crippen LogP contribution is 2.08. The van der Waals surface area contributed by atoms with Crippen LogP contribution in [0.1, 0.15) is 17.6 Å². The maximum atomic E-state index is 11.1. The topological polar surface area (TPSA) is 42.0 Å². The van der Waals surface area contributed by atoms with Gasteiger partial charge in [-0.3, -0.25) is 4.79 Å². The minimum Gasteiger partial charge on any atom is -0.349 e. The lowest BCUT2D eigenvalue weighted by atomic mass is 10.4. The highest BCUT2D eigenvalue weighted by Gasteiger charge is 2.08. The summed E-state index contributed by atoms with van der Waals surface area (Å²) in [7, 11) is 0. The Morgan fingerprint density at radius 1 is 1.85 bits per heavy atom. The highest BCUT2D eigenvalue weighted by molar-refractivity contribution is 9.10. The monoisotopic (exact) mass is 262 g/mol. The molecule has 1 aromatic heterocycles. The number of aromatic nitrogens is 1. The van der Waals surface area contributed by atoms with E-state index in [2.05, 4.69) is 26.2 Å². The van der Waals surface area contributed by atoms with E-state index in [9.17, 15) is 4.79 Å². The van der Waals surface area contributed by atoms with Crippen LogP contribution >= 0.6 is 27.3 Å². The first-order valence-electron chi connectivity index (χ1n) is 3.92. The molecule has 0 aliphatic heterocycles. The van der Waals surface area contributed by atoms with Crippen molar-refractivity contribution in [3.63, 3.8) is 0 Å². The Bertz CT molecular complexity index is 298. The summed E-state index contributed by atoms with van der Waals surface area (Å²) in [4.78, 5) is 15.2. The van der Waals surface area contributed by atoms with Gasteiger partial charge in [-0.15, -0.1) is 11.3 Å². The van der Waals surface area contributed by atoms with Crippen LogP contribution in [-0.2, 0) is 11.3 Å². The van der Waals surface area contributed by atoms with E-state index in [1.807, 2.05) is 12.3 Å². The van der Waals surface area contributed by atoms with Gasteiger partial charge in [0.2, 0.25) is 5.91 Å². The third kappa shape index (κ3) is 3.44. The van der Waals surface area contributed by atoms with Gasteiger partial charge in [-0.05, 0) is 13.8 Å². The van der Waals surface area contributed by atoms with Gasteiger partial charge in [0.15, 0.2) is 0 Å². The predicted molar refractivity (Wildman–Crippen MR) is 57.1 cm³/mol. The van der Waals surface area contributed by atoms with Crippen LogP contribution in [0.4, 0.5) is 0 Å². The van der Waals surface area contributed by atoms with E-state index < -0.39 is 0 Å². The minimum atomic E-state index is -0.145. The second-order valence-corrected chi connectivity index (χ2v) is 5.03. The SMILES string of the molecule is Cc1csc(CNC(=O)C(C)Br)n1. The van der Waals surface area contributed by atoms with E-state index >= 15 is 0 Å². The fourth-order valence-electron chi connectivity index (χ4n) is 0.787. The zero-order valence-corrected chi connectivity index (χ0v) is 9.91. The fraction of sp³-hybridized carbons (Fsp3) is 0.500. The third-order valence-corrected chi connectivity index (χ3v) is 2.82. The summed E-state index contributed by atoms with van der Waals surface area (Å²) in [5.41, 5.74) is 1.00. The van der Waals surface area contributed by atoms with Gasteiger partial charge >= 0.3 is 0 Å². The lowest BCUT2D eigenvalue weighted by Gasteiger charge is -2.03. The Morgan fingerprint density at radius 3 is 3.00 bits per heavy atom. The molecule has 0 aliphatic rings. The van der Waals surface area contributed by atoms with E-state index in [1.54, 1.807) is 18.3 Å². The molecule has 0 aromatic carbocycles. The molecule has 0 spiro atoms. The number of alkyl halides is 1. The van der Waals surface area contributed by atoms with Gasteiger partial charge in [0, 0.05) is 11.1 Å². The first-order valence-corrected chi connectivity index (χ1v) is 5.72. The Labute approximate surface area is 89.7 Å². The summed E-state index contributed by atoms with van der Waals surface area (Å²) in [6.07, 6.45) is 0. The maximum absolute atomic E-state index is 11.1. The van der Waals surface area contributed by atoms with Crippen molar-refractivity contribution in [2.24, 2.45) is 0 Å². The highest BCUT2D eigenvalue weighted by atomic mass is 79.9. The van der Waals surface area contributed by atoms with Gasteiger partial charge in [-0.25, -0.2) is 4.98 Å². The molecule has 0 saturated heterocycles.